The third-order valence-corrected chi connectivity index (χ3v) is 2.51. The van der Waals surface area contributed by atoms with Crippen LogP contribution in [0.2, 0.25) is 0 Å². The number of benzene rings is 1. The molecule has 0 atom stereocenters. The SMILES string of the molecule is COC(=[OH+])c1c(C)cccc1CBr. The maximum Gasteiger partial charge on any atom is 0.517 e. The van der Waals surface area contributed by atoms with Crippen LogP contribution in [0.5, 0.6) is 0 Å². The van der Waals surface area contributed by atoms with Gasteiger partial charge < -0.3 is 9.53 Å². The van der Waals surface area contributed by atoms with Crippen LogP contribution in [0.1, 0.15) is 16.7 Å². The van der Waals surface area contributed by atoms with E-state index in [0.717, 1.165) is 16.7 Å². The van der Waals surface area contributed by atoms with E-state index < -0.39 is 0 Å². The normalized spacial score (nSPS) is 9.77. The van der Waals surface area contributed by atoms with Gasteiger partial charge in [-0.25, -0.2) is 0 Å². The molecule has 0 aromatic heterocycles. The van der Waals surface area contributed by atoms with E-state index in [-0.39, 0.29) is 5.97 Å². The van der Waals surface area contributed by atoms with Crippen molar-refractivity contribution >= 4 is 21.9 Å². The zero-order valence-electron chi connectivity index (χ0n) is 7.67. The molecule has 0 saturated heterocycles. The van der Waals surface area contributed by atoms with Gasteiger partial charge in [-0.1, -0.05) is 34.1 Å². The summed E-state index contributed by atoms with van der Waals surface area (Å²) in [5.74, 6) is -0.0208. The summed E-state index contributed by atoms with van der Waals surface area (Å²) in [5, 5.41) is 0.706. The minimum absolute atomic E-state index is 0.0208. The van der Waals surface area contributed by atoms with Crippen molar-refractivity contribution in [1.82, 2.24) is 0 Å². The van der Waals surface area contributed by atoms with Gasteiger partial charge in [0.25, 0.3) is 0 Å². The Kier molecular flexibility index (Phi) is 3.48. The van der Waals surface area contributed by atoms with Crippen molar-refractivity contribution in [1.29, 1.82) is 0 Å². The second kappa shape index (κ2) is 4.42. The third kappa shape index (κ3) is 2.10. The summed E-state index contributed by atoms with van der Waals surface area (Å²) in [5.41, 5.74) is 2.82. The standard InChI is InChI=1S/C10H11BrO2/c1-7-4-3-5-8(6-11)9(7)10(12)13-2/h3-5H,6H2,1-2H3/p+1. The smallest absolute Gasteiger partial charge is 0.335 e. The molecular weight excluding hydrogens is 232 g/mol. The van der Waals surface area contributed by atoms with Gasteiger partial charge in [-0.3, -0.25) is 0 Å². The molecule has 2 nitrogen and oxygen atoms in total. The van der Waals surface area contributed by atoms with E-state index >= 15 is 0 Å². The molecule has 70 valence electrons. The number of hydrogen-bond acceptors (Lipinski definition) is 1. The molecule has 0 aliphatic carbocycles. The van der Waals surface area contributed by atoms with Gasteiger partial charge in [-0.15, -0.1) is 0 Å². The first-order chi connectivity index (χ1) is 6.20. The summed E-state index contributed by atoms with van der Waals surface area (Å²) in [7, 11) is 1.46. The van der Waals surface area contributed by atoms with Crippen molar-refractivity contribution in [2.75, 3.05) is 7.11 Å². The Morgan fingerprint density at radius 3 is 2.77 bits per heavy atom. The molecule has 3 heteroatoms. The fourth-order valence-corrected chi connectivity index (χ4v) is 1.72. The van der Waals surface area contributed by atoms with Gasteiger partial charge in [-0.05, 0) is 18.1 Å². The van der Waals surface area contributed by atoms with Gasteiger partial charge in [0.05, 0.1) is 0 Å². The van der Waals surface area contributed by atoms with E-state index in [1.165, 1.54) is 7.11 Å². The monoisotopic (exact) mass is 243 g/mol. The zero-order valence-corrected chi connectivity index (χ0v) is 9.26. The van der Waals surface area contributed by atoms with Crippen LogP contribution in [-0.2, 0) is 10.1 Å². The van der Waals surface area contributed by atoms with Gasteiger partial charge >= 0.3 is 5.97 Å². The summed E-state index contributed by atoms with van der Waals surface area (Å²) >= 11 is 3.36. The summed E-state index contributed by atoms with van der Waals surface area (Å²) < 4.78 is 4.81. The molecule has 0 aliphatic heterocycles. The average Bonchev–Trinajstić information content (AvgIpc) is 2.16. The van der Waals surface area contributed by atoms with E-state index in [9.17, 15) is 4.79 Å². The fraction of sp³-hybridized carbons (Fsp3) is 0.300. The highest BCUT2D eigenvalue weighted by atomic mass is 79.9. The molecule has 0 bridgehead atoms. The minimum atomic E-state index is -0.0208. The molecular formula is C10H12BrO2+. The first kappa shape index (κ1) is 10.3. The number of methoxy groups -OCH3 is 1. The number of rotatable bonds is 2. The average molecular weight is 244 g/mol. The van der Waals surface area contributed by atoms with Crippen LogP contribution in [-0.4, -0.2) is 17.9 Å². The number of hydrogen-bond donors (Lipinski definition) is 0. The lowest BCUT2D eigenvalue weighted by molar-refractivity contribution is 0.356. The van der Waals surface area contributed by atoms with Crippen LogP contribution >= 0.6 is 15.9 Å². The first-order valence-corrected chi connectivity index (χ1v) is 5.07. The molecule has 0 amide bonds. The van der Waals surface area contributed by atoms with E-state index in [0.29, 0.717) is 5.33 Å². The van der Waals surface area contributed by atoms with Crippen molar-refractivity contribution in [2.45, 2.75) is 12.3 Å². The molecule has 0 spiro atoms. The Hall–Kier alpha value is -0.830. The number of alkyl halides is 1. The van der Waals surface area contributed by atoms with Crippen molar-refractivity contribution < 1.29 is 9.53 Å². The van der Waals surface area contributed by atoms with Crippen LogP contribution in [0.4, 0.5) is 0 Å². The Bertz CT molecular complexity index is 321. The summed E-state index contributed by atoms with van der Waals surface area (Å²) in [6, 6.07) is 5.85. The molecule has 0 heterocycles. The number of esters is 1. The molecule has 1 N–H and O–H groups in total. The van der Waals surface area contributed by atoms with Crippen molar-refractivity contribution in [3.8, 4) is 0 Å². The lowest BCUT2D eigenvalue weighted by Crippen LogP contribution is -2.08. The Morgan fingerprint density at radius 1 is 1.54 bits per heavy atom. The number of aryl methyl sites for hydroxylation is 1. The first-order valence-electron chi connectivity index (χ1n) is 3.95. The van der Waals surface area contributed by atoms with Gasteiger partial charge in [0.1, 0.15) is 5.56 Å². The minimum Gasteiger partial charge on any atom is -0.335 e. The highest BCUT2D eigenvalue weighted by Gasteiger charge is 2.19. The van der Waals surface area contributed by atoms with Crippen LogP contribution in [0.15, 0.2) is 18.2 Å². The summed E-state index contributed by atoms with van der Waals surface area (Å²) in [6.45, 7) is 1.94. The Labute approximate surface area is 86.0 Å². The third-order valence-electron chi connectivity index (χ3n) is 1.91. The molecule has 1 aromatic carbocycles. The maximum atomic E-state index is 9.50. The summed E-state index contributed by atoms with van der Waals surface area (Å²) in [6.07, 6.45) is 0. The lowest BCUT2D eigenvalue weighted by Gasteiger charge is -2.03. The van der Waals surface area contributed by atoms with Crippen LogP contribution in [0, 0.1) is 6.92 Å². The second-order valence-corrected chi connectivity index (χ2v) is 3.31. The second-order valence-electron chi connectivity index (χ2n) is 2.75. The molecule has 1 aromatic rings. The van der Waals surface area contributed by atoms with Gasteiger partial charge in [0, 0.05) is 5.33 Å². The van der Waals surface area contributed by atoms with Crippen LogP contribution in [0.3, 0.4) is 0 Å². The number of carbonyl (C=O) groups excluding carboxylic acids is 1. The van der Waals surface area contributed by atoms with E-state index in [1.807, 2.05) is 25.1 Å². The fourth-order valence-electron chi connectivity index (χ4n) is 1.25. The van der Waals surface area contributed by atoms with Gasteiger partial charge in [0.15, 0.2) is 7.11 Å². The van der Waals surface area contributed by atoms with Crippen molar-refractivity contribution in [2.24, 2.45) is 0 Å². The van der Waals surface area contributed by atoms with Crippen LogP contribution in [0.25, 0.3) is 0 Å². The largest absolute Gasteiger partial charge is 0.517 e. The van der Waals surface area contributed by atoms with Gasteiger partial charge in [0.2, 0.25) is 0 Å². The Balaban J connectivity index is 3.22. The summed E-state index contributed by atoms with van der Waals surface area (Å²) in [4.78, 5) is 9.50. The molecule has 0 saturated carbocycles. The van der Waals surface area contributed by atoms with Crippen molar-refractivity contribution in [3.05, 3.63) is 34.9 Å². The zero-order chi connectivity index (χ0) is 9.84. The van der Waals surface area contributed by atoms with E-state index in [2.05, 4.69) is 15.9 Å². The quantitative estimate of drug-likeness (QED) is 0.446. The topological polar surface area (TPSA) is 30.6 Å². The predicted octanol–water partition coefficient (Wildman–Crippen LogP) is 2.39. The lowest BCUT2D eigenvalue weighted by atomic mass is 10.0. The molecule has 0 aliphatic rings. The van der Waals surface area contributed by atoms with Crippen molar-refractivity contribution in [3.63, 3.8) is 0 Å². The molecule has 0 fully saturated rings. The predicted molar refractivity (Wildman–Crippen MR) is 56.9 cm³/mol. The molecule has 0 radical (unpaired) electrons. The maximum absolute atomic E-state index is 9.50. The van der Waals surface area contributed by atoms with Gasteiger partial charge in [-0.2, -0.15) is 0 Å². The molecule has 13 heavy (non-hydrogen) atoms. The Morgan fingerprint density at radius 2 is 2.23 bits per heavy atom. The number of ether oxygens (including phenoxy) is 1. The highest BCUT2D eigenvalue weighted by molar-refractivity contribution is 9.08. The molecule has 0 unspecified atom stereocenters. The van der Waals surface area contributed by atoms with E-state index in [1.54, 1.807) is 0 Å². The molecule has 1 rings (SSSR count). The number of halogens is 1. The highest BCUT2D eigenvalue weighted by Crippen LogP contribution is 2.17. The van der Waals surface area contributed by atoms with Crippen LogP contribution < -0.4 is 0 Å². The van der Waals surface area contributed by atoms with E-state index in [4.69, 9.17) is 4.74 Å².